The van der Waals surface area contributed by atoms with Crippen molar-refractivity contribution in [2.45, 2.75) is 18.6 Å². The van der Waals surface area contributed by atoms with E-state index in [1.54, 1.807) is 11.8 Å². The number of hydrogen-bond acceptors (Lipinski definition) is 6. The van der Waals surface area contributed by atoms with Gasteiger partial charge >= 0.3 is 0 Å². The smallest absolute Gasteiger partial charge is 0.262 e. The predicted octanol–water partition coefficient (Wildman–Crippen LogP) is 2.83. The number of fused-ring (bicyclic) bond motifs is 1. The zero-order valence-corrected chi connectivity index (χ0v) is 17.9. The van der Waals surface area contributed by atoms with Gasteiger partial charge in [0.1, 0.15) is 16.8 Å². The van der Waals surface area contributed by atoms with Crippen molar-refractivity contribution >= 4 is 28.7 Å². The topological polar surface area (TPSA) is 102 Å². The quantitative estimate of drug-likeness (QED) is 0.342. The summed E-state index contributed by atoms with van der Waals surface area (Å²) in [7, 11) is 1.57. The van der Waals surface area contributed by atoms with Crippen LogP contribution in [0.1, 0.15) is 11.1 Å². The van der Waals surface area contributed by atoms with Gasteiger partial charge in [0.25, 0.3) is 5.56 Å². The fourth-order valence-electron chi connectivity index (χ4n) is 3.04. The molecule has 2 aromatic carbocycles. The van der Waals surface area contributed by atoms with Gasteiger partial charge in [-0.15, -0.1) is 0 Å². The van der Waals surface area contributed by atoms with E-state index in [-0.39, 0.29) is 17.2 Å². The number of nitrogens with one attached hydrogen (secondary N) is 2. The number of aromatic nitrogens is 4. The Morgan fingerprint density at radius 1 is 1.19 bits per heavy atom. The number of ether oxygens (including phenoxy) is 1. The van der Waals surface area contributed by atoms with Crippen LogP contribution in [0.25, 0.3) is 16.7 Å². The highest BCUT2D eigenvalue weighted by Gasteiger charge is 2.15. The number of rotatable bonds is 7. The molecule has 0 saturated carbocycles. The monoisotopic (exact) mass is 435 g/mol. The van der Waals surface area contributed by atoms with Crippen LogP contribution in [-0.4, -0.2) is 38.5 Å². The number of aryl methyl sites for hydroxylation is 1. The van der Waals surface area contributed by atoms with E-state index in [2.05, 4.69) is 20.4 Å². The molecule has 9 heteroatoms. The molecule has 0 aliphatic heterocycles. The molecule has 0 atom stereocenters. The van der Waals surface area contributed by atoms with Crippen molar-refractivity contribution in [3.8, 4) is 11.4 Å². The lowest BCUT2D eigenvalue weighted by molar-refractivity contribution is -0.118. The summed E-state index contributed by atoms with van der Waals surface area (Å²) < 4.78 is 6.96. The molecule has 0 saturated heterocycles. The van der Waals surface area contributed by atoms with Crippen LogP contribution in [0.2, 0.25) is 0 Å². The van der Waals surface area contributed by atoms with Gasteiger partial charge in [0, 0.05) is 6.54 Å². The van der Waals surface area contributed by atoms with Gasteiger partial charge in [-0.3, -0.25) is 9.59 Å². The van der Waals surface area contributed by atoms with Crippen LogP contribution in [0.4, 0.5) is 0 Å². The summed E-state index contributed by atoms with van der Waals surface area (Å²) in [5.74, 6) is 0.592. The number of benzene rings is 2. The summed E-state index contributed by atoms with van der Waals surface area (Å²) in [4.78, 5) is 32.0. The molecule has 0 aliphatic rings. The SMILES string of the molecule is COc1ccccc1-n1ncc2c(=O)[nH]c(SCC(=O)NCc3ccc(C)cc3)nc21. The molecule has 0 spiro atoms. The third kappa shape index (κ3) is 4.61. The molecule has 0 unspecified atom stereocenters. The molecule has 2 aromatic heterocycles. The standard InChI is InChI=1S/C22H21N5O3S/c1-14-7-9-15(10-8-14)11-23-19(28)13-31-22-25-20-16(21(29)26-22)12-24-27(20)17-5-3-4-6-18(17)30-2/h3-10,12H,11,13H2,1-2H3,(H,23,28)(H,25,26,29). The normalized spacial score (nSPS) is 10.9. The molecule has 2 heterocycles. The van der Waals surface area contributed by atoms with Crippen LogP contribution in [0.3, 0.4) is 0 Å². The summed E-state index contributed by atoms with van der Waals surface area (Å²) in [6.07, 6.45) is 1.47. The first-order valence-corrected chi connectivity index (χ1v) is 10.6. The third-order valence-electron chi connectivity index (χ3n) is 4.68. The van der Waals surface area contributed by atoms with Crippen LogP contribution >= 0.6 is 11.8 Å². The fourth-order valence-corrected chi connectivity index (χ4v) is 3.73. The number of methoxy groups -OCH3 is 1. The van der Waals surface area contributed by atoms with Crippen LogP contribution < -0.4 is 15.6 Å². The number of amides is 1. The second-order valence-corrected chi connectivity index (χ2v) is 7.85. The third-order valence-corrected chi connectivity index (χ3v) is 5.55. The molecule has 158 valence electrons. The van der Waals surface area contributed by atoms with Crippen LogP contribution in [0.5, 0.6) is 5.75 Å². The van der Waals surface area contributed by atoms with E-state index in [1.165, 1.54) is 11.8 Å². The number of carbonyl (C=O) groups excluding carboxylic acids is 1. The number of carbonyl (C=O) groups is 1. The summed E-state index contributed by atoms with van der Waals surface area (Å²) in [5.41, 5.74) is 2.95. The first-order valence-electron chi connectivity index (χ1n) is 9.61. The summed E-state index contributed by atoms with van der Waals surface area (Å²) in [6.45, 7) is 2.46. The Kier molecular flexibility index (Phi) is 6.03. The largest absolute Gasteiger partial charge is 0.494 e. The fraction of sp³-hybridized carbons (Fsp3) is 0.182. The number of nitrogens with zero attached hydrogens (tertiary/aromatic N) is 3. The van der Waals surface area contributed by atoms with Crippen molar-refractivity contribution in [3.63, 3.8) is 0 Å². The van der Waals surface area contributed by atoms with Gasteiger partial charge in [0.2, 0.25) is 5.91 Å². The van der Waals surface area contributed by atoms with Crippen molar-refractivity contribution in [2.24, 2.45) is 0 Å². The van der Waals surface area contributed by atoms with Crippen LogP contribution in [0.15, 0.2) is 64.7 Å². The van der Waals surface area contributed by atoms with Gasteiger partial charge in [-0.2, -0.15) is 5.10 Å². The van der Waals surface area contributed by atoms with Crippen molar-refractivity contribution in [2.75, 3.05) is 12.9 Å². The molecule has 8 nitrogen and oxygen atoms in total. The molecule has 0 radical (unpaired) electrons. The van der Waals surface area contributed by atoms with Gasteiger partial charge in [-0.25, -0.2) is 9.67 Å². The highest BCUT2D eigenvalue weighted by molar-refractivity contribution is 7.99. The molecule has 0 fully saturated rings. The number of aromatic amines is 1. The van der Waals surface area contributed by atoms with E-state index in [4.69, 9.17) is 4.74 Å². The average Bonchev–Trinajstić information content (AvgIpc) is 3.21. The van der Waals surface area contributed by atoms with Gasteiger partial charge in [0.15, 0.2) is 10.8 Å². The van der Waals surface area contributed by atoms with Gasteiger partial charge in [0.05, 0.1) is 19.1 Å². The molecule has 4 rings (SSSR count). The predicted molar refractivity (Wildman–Crippen MR) is 120 cm³/mol. The van der Waals surface area contributed by atoms with E-state index in [0.717, 1.165) is 17.3 Å². The molecular weight excluding hydrogens is 414 g/mol. The number of H-pyrrole nitrogens is 1. The molecule has 2 N–H and O–H groups in total. The highest BCUT2D eigenvalue weighted by Crippen LogP contribution is 2.24. The average molecular weight is 436 g/mol. The second kappa shape index (κ2) is 9.05. The lowest BCUT2D eigenvalue weighted by atomic mass is 10.1. The maximum atomic E-state index is 12.5. The van der Waals surface area contributed by atoms with E-state index >= 15 is 0 Å². The van der Waals surface area contributed by atoms with Crippen LogP contribution in [-0.2, 0) is 11.3 Å². The Morgan fingerprint density at radius 3 is 2.74 bits per heavy atom. The first kappa shape index (κ1) is 20.7. The van der Waals surface area contributed by atoms with Gasteiger partial charge < -0.3 is 15.0 Å². The summed E-state index contributed by atoms with van der Waals surface area (Å²) >= 11 is 1.16. The molecule has 4 aromatic rings. The zero-order chi connectivity index (χ0) is 21.8. The molecule has 1 amide bonds. The van der Waals surface area contributed by atoms with Crippen molar-refractivity contribution in [1.29, 1.82) is 0 Å². The molecular formula is C22H21N5O3S. The van der Waals surface area contributed by atoms with E-state index < -0.39 is 0 Å². The maximum Gasteiger partial charge on any atom is 0.262 e. The number of para-hydroxylation sites is 2. The minimum atomic E-state index is -0.311. The lowest BCUT2D eigenvalue weighted by Gasteiger charge is -2.09. The number of thioether (sulfide) groups is 1. The van der Waals surface area contributed by atoms with Crippen molar-refractivity contribution in [3.05, 3.63) is 76.2 Å². The molecule has 31 heavy (non-hydrogen) atoms. The lowest BCUT2D eigenvalue weighted by Crippen LogP contribution is -2.24. The molecule has 0 bridgehead atoms. The Morgan fingerprint density at radius 2 is 1.97 bits per heavy atom. The van der Waals surface area contributed by atoms with E-state index in [0.29, 0.717) is 34.2 Å². The Bertz CT molecular complexity index is 1280. The second-order valence-electron chi connectivity index (χ2n) is 6.89. The Balaban J connectivity index is 1.50. The Hall–Kier alpha value is -3.59. The summed E-state index contributed by atoms with van der Waals surface area (Å²) in [5, 5.41) is 7.89. The summed E-state index contributed by atoms with van der Waals surface area (Å²) in [6, 6.07) is 15.3. The van der Waals surface area contributed by atoms with Crippen LogP contribution in [0, 0.1) is 6.92 Å². The minimum Gasteiger partial charge on any atom is -0.494 e. The van der Waals surface area contributed by atoms with E-state index in [9.17, 15) is 9.59 Å². The molecule has 0 aliphatic carbocycles. The van der Waals surface area contributed by atoms with E-state index in [1.807, 2.05) is 55.5 Å². The van der Waals surface area contributed by atoms with Crippen molar-refractivity contribution in [1.82, 2.24) is 25.1 Å². The van der Waals surface area contributed by atoms with Gasteiger partial charge in [-0.05, 0) is 24.6 Å². The van der Waals surface area contributed by atoms with Crippen molar-refractivity contribution < 1.29 is 9.53 Å². The minimum absolute atomic E-state index is 0.128. The zero-order valence-electron chi connectivity index (χ0n) is 17.1. The Labute approximate surface area is 182 Å². The highest BCUT2D eigenvalue weighted by atomic mass is 32.2. The van der Waals surface area contributed by atoms with Gasteiger partial charge in [-0.1, -0.05) is 53.7 Å². The number of hydrogen-bond donors (Lipinski definition) is 2. The maximum absolute atomic E-state index is 12.5. The first-order chi connectivity index (χ1) is 15.0.